The van der Waals surface area contributed by atoms with Crippen molar-refractivity contribution in [1.82, 2.24) is 4.72 Å². The van der Waals surface area contributed by atoms with E-state index in [9.17, 15) is 9.11 Å². The quantitative estimate of drug-likeness (QED) is 0.656. The standard InChI is InChI=1S/C12H21NO3S/c1-9(2)11-4-6-12(7-5-11)17(15,16)13-8-10(3)14/h4-7,9-10,13-16H,8H2,1-3H3. The minimum Gasteiger partial charge on any atom is -0.392 e. The van der Waals surface area contributed by atoms with Gasteiger partial charge in [-0.25, -0.2) is 4.72 Å². The highest BCUT2D eigenvalue weighted by Crippen LogP contribution is 2.43. The Morgan fingerprint density at radius 2 is 1.65 bits per heavy atom. The topological polar surface area (TPSA) is 72.7 Å². The van der Waals surface area contributed by atoms with Crippen molar-refractivity contribution in [3.63, 3.8) is 0 Å². The Morgan fingerprint density at radius 3 is 2.06 bits per heavy atom. The lowest BCUT2D eigenvalue weighted by atomic mass is 10.0. The molecule has 98 valence electrons. The van der Waals surface area contributed by atoms with Crippen LogP contribution >= 0.6 is 10.8 Å². The van der Waals surface area contributed by atoms with Gasteiger partial charge >= 0.3 is 0 Å². The number of benzene rings is 1. The van der Waals surface area contributed by atoms with Gasteiger partial charge in [0.25, 0.3) is 0 Å². The Hall–Kier alpha value is -0.590. The molecular weight excluding hydrogens is 238 g/mol. The van der Waals surface area contributed by atoms with Gasteiger partial charge in [-0.1, -0.05) is 26.0 Å². The van der Waals surface area contributed by atoms with Gasteiger partial charge in [-0.2, -0.15) is 0 Å². The van der Waals surface area contributed by atoms with E-state index in [0.29, 0.717) is 10.8 Å². The smallest absolute Gasteiger partial charge is 0.0750 e. The zero-order valence-corrected chi connectivity index (χ0v) is 11.2. The molecule has 0 aliphatic heterocycles. The number of aliphatic hydroxyl groups excluding tert-OH is 1. The van der Waals surface area contributed by atoms with Crippen LogP contribution in [0.25, 0.3) is 0 Å². The molecule has 0 aliphatic carbocycles. The normalized spacial score (nSPS) is 15.0. The van der Waals surface area contributed by atoms with Crippen LogP contribution in [0.4, 0.5) is 0 Å². The van der Waals surface area contributed by atoms with E-state index in [1.807, 2.05) is 12.1 Å². The van der Waals surface area contributed by atoms with Crippen LogP contribution in [-0.2, 0) is 0 Å². The van der Waals surface area contributed by atoms with Crippen molar-refractivity contribution in [3.8, 4) is 0 Å². The minimum atomic E-state index is -3.01. The molecule has 0 saturated heterocycles. The maximum Gasteiger partial charge on any atom is 0.0750 e. The molecule has 0 saturated carbocycles. The minimum absolute atomic E-state index is 0.147. The van der Waals surface area contributed by atoms with Crippen molar-refractivity contribution in [3.05, 3.63) is 29.8 Å². The van der Waals surface area contributed by atoms with Crippen molar-refractivity contribution in [1.29, 1.82) is 0 Å². The molecule has 1 aromatic rings. The van der Waals surface area contributed by atoms with Gasteiger partial charge < -0.3 is 5.11 Å². The predicted molar refractivity (Wildman–Crippen MR) is 71.3 cm³/mol. The van der Waals surface area contributed by atoms with Crippen LogP contribution in [0, 0.1) is 0 Å². The van der Waals surface area contributed by atoms with Gasteiger partial charge in [-0.3, -0.25) is 9.11 Å². The third kappa shape index (κ3) is 4.29. The van der Waals surface area contributed by atoms with Gasteiger partial charge in [-0.15, -0.1) is 10.8 Å². The Bertz CT molecular complexity index is 349. The van der Waals surface area contributed by atoms with E-state index in [2.05, 4.69) is 18.6 Å². The third-order valence-corrected chi connectivity index (χ3v) is 3.95. The molecule has 1 aromatic carbocycles. The highest BCUT2D eigenvalue weighted by atomic mass is 32.3. The fourth-order valence-corrected chi connectivity index (χ4v) is 2.52. The summed E-state index contributed by atoms with van der Waals surface area (Å²) in [4.78, 5) is 0.447. The molecule has 0 aliphatic rings. The Morgan fingerprint density at radius 1 is 1.12 bits per heavy atom. The highest BCUT2D eigenvalue weighted by molar-refractivity contribution is 8.22. The first kappa shape index (κ1) is 14.5. The van der Waals surface area contributed by atoms with Gasteiger partial charge in [0.15, 0.2) is 0 Å². The maximum atomic E-state index is 9.88. The van der Waals surface area contributed by atoms with E-state index < -0.39 is 16.9 Å². The zero-order valence-electron chi connectivity index (χ0n) is 10.4. The highest BCUT2D eigenvalue weighted by Gasteiger charge is 2.15. The molecule has 0 heterocycles. The van der Waals surface area contributed by atoms with Gasteiger partial charge in [0.05, 0.1) is 11.0 Å². The van der Waals surface area contributed by atoms with Crippen molar-refractivity contribution < 1.29 is 14.2 Å². The second kappa shape index (κ2) is 5.84. The summed E-state index contributed by atoms with van der Waals surface area (Å²) in [6.45, 7) is 5.90. The van der Waals surface area contributed by atoms with Gasteiger partial charge in [0.2, 0.25) is 0 Å². The second-order valence-corrected chi connectivity index (χ2v) is 6.33. The van der Waals surface area contributed by atoms with Crippen LogP contribution in [0.2, 0.25) is 0 Å². The average Bonchev–Trinajstić information content (AvgIpc) is 2.27. The summed E-state index contributed by atoms with van der Waals surface area (Å²) in [7, 11) is -3.01. The largest absolute Gasteiger partial charge is 0.392 e. The van der Waals surface area contributed by atoms with E-state index in [1.165, 1.54) is 0 Å². The van der Waals surface area contributed by atoms with Crippen LogP contribution in [0.3, 0.4) is 0 Å². The van der Waals surface area contributed by atoms with E-state index >= 15 is 0 Å². The Labute approximate surface area is 104 Å². The molecule has 4 N–H and O–H groups in total. The molecule has 1 unspecified atom stereocenters. The molecule has 0 bridgehead atoms. The van der Waals surface area contributed by atoms with E-state index in [-0.39, 0.29) is 6.54 Å². The van der Waals surface area contributed by atoms with Crippen molar-refractivity contribution in [2.75, 3.05) is 6.54 Å². The molecule has 1 rings (SSSR count). The fourth-order valence-electron chi connectivity index (χ4n) is 1.36. The molecule has 0 spiro atoms. The average molecular weight is 259 g/mol. The Balaban J connectivity index is 2.77. The van der Waals surface area contributed by atoms with Crippen LogP contribution in [0.5, 0.6) is 0 Å². The number of hydrogen-bond donors (Lipinski definition) is 4. The van der Waals surface area contributed by atoms with Crippen LogP contribution < -0.4 is 4.72 Å². The first-order valence-corrected chi connectivity index (χ1v) is 7.18. The van der Waals surface area contributed by atoms with E-state index in [0.717, 1.165) is 5.56 Å². The summed E-state index contributed by atoms with van der Waals surface area (Å²) in [5.74, 6) is 0.413. The zero-order chi connectivity index (χ0) is 13.1. The van der Waals surface area contributed by atoms with Crippen LogP contribution in [0.1, 0.15) is 32.3 Å². The summed E-state index contributed by atoms with van der Waals surface area (Å²) in [5.41, 5.74) is 1.15. The molecule has 0 amide bonds. The molecular formula is C12H21NO3S. The number of nitrogens with one attached hydrogen (secondary N) is 1. The summed E-state index contributed by atoms with van der Waals surface area (Å²) < 4.78 is 22.3. The van der Waals surface area contributed by atoms with Crippen LogP contribution in [-0.4, -0.2) is 26.9 Å². The summed E-state index contributed by atoms with van der Waals surface area (Å²) in [6, 6.07) is 7.19. The van der Waals surface area contributed by atoms with E-state index in [4.69, 9.17) is 5.11 Å². The van der Waals surface area contributed by atoms with Crippen LogP contribution in [0.15, 0.2) is 29.2 Å². The third-order valence-electron chi connectivity index (χ3n) is 2.46. The summed E-state index contributed by atoms with van der Waals surface area (Å²) in [5, 5.41) is 9.11. The SMILES string of the molecule is CC(O)CNS(O)(O)c1ccc(C(C)C)cc1. The Kier molecular flexibility index (Phi) is 4.97. The van der Waals surface area contributed by atoms with Gasteiger partial charge in [-0.05, 0) is 30.5 Å². The molecule has 0 aromatic heterocycles. The number of aliphatic hydroxyl groups is 1. The molecule has 0 fully saturated rings. The van der Waals surface area contributed by atoms with Gasteiger partial charge in [0.1, 0.15) is 0 Å². The van der Waals surface area contributed by atoms with Gasteiger partial charge in [0, 0.05) is 6.54 Å². The first-order valence-electron chi connectivity index (χ1n) is 5.64. The monoisotopic (exact) mass is 259 g/mol. The second-order valence-electron chi connectivity index (χ2n) is 4.47. The first-order chi connectivity index (χ1) is 7.83. The molecule has 5 heteroatoms. The lowest BCUT2D eigenvalue weighted by Gasteiger charge is -2.33. The van der Waals surface area contributed by atoms with Crippen molar-refractivity contribution in [2.24, 2.45) is 0 Å². The molecule has 0 radical (unpaired) electrons. The predicted octanol–water partition coefficient (Wildman–Crippen LogP) is 2.80. The molecule has 4 nitrogen and oxygen atoms in total. The molecule has 17 heavy (non-hydrogen) atoms. The summed E-state index contributed by atoms with van der Waals surface area (Å²) >= 11 is 0. The summed E-state index contributed by atoms with van der Waals surface area (Å²) in [6.07, 6.45) is -0.615. The lowest BCUT2D eigenvalue weighted by Crippen LogP contribution is -2.27. The maximum absolute atomic E-state index is 9.88. The number of hydrogen-bond acceptors (Lipinski definition) is 4. The van der Waals surface area contributed by atoms with E-state index in [1.54, 1.807) is 19.1 Å². The lowest BCUT2D eigenvalue weighted by molar-refractivity contribution is 0.197. The van der Waals surface area contributed by atoms with Crippen molar-refractivity contribution in [2.45, 2.75) is 37.7 Å². The molecule has 1 atom stereocenters. The number of rotatable bonds is 5. The fraction of sp³-hybridized carbons (Fsp3) is 0.500. The van der Waals surface area contributed by atoms with Crippen molar-refractivity contribution >= 4 is 10.8 Å².